The molecule has 1 aliphatic rings. The van der Waals surface area contributed by atoms with Crippen LogP contribution in [0.2, 0.25) is 5.02 Å². The number of carbonyl (C=O) groups is 3. The average molecular weight is 504 g/mol. The number of hydrogen-bond donors (Lipinski definition) is 1. The van der Waals surface area contributed by atoms with Gasteiger partial charge in [-0.05, 0) is 48.5 Å². The topological polar surface area (TPSA) is 80.6 Å². The fourth-order valence-corrected chi connectivity index (χ4v) is 4.22. The van der Waals surface area contributed by atoms with Gasteiger partial charge in [0.05, 0.1) is 17.3 Å². The Morgan fingerprint density at radius 2 is 1.67 bits per heavy atom. The van der Waals surface area contributed by atoms with E-state index in [2.05, 4.69) is 5.32 Å². The molecule has 1 saturated heterocycles. The number of imide groups is 2. The molecule has 7 nitrogen and oxygen atoms in total. The molecule has 2 heterocycles. The van der Waals surface area contributed by atoms with Crippen LogP contribution in [0, 0.1) is 5.82 Å². The number of anilines is 1. The summed E-state index contributed by atoms with van der Waals surface area (Å²) >= 11 is 6.16. The molecule has 0 unspecified atom stereocenters. The molecule has 4 amide bonds. The van der Waals surface area contributed by atoms with Gasteiger partial charge in [-0.2, -0.15) is 0 Å². The largest absolute Gasteiger partial charge is 0.490 e. The second kappa shape index (κ2) is 9.67. The number of benzene rings is 3. The minimum atomic E-state index is -0.895. The van der Waals surface area contributed by atoms with Gasteiger partial charge >= 0.3 is 6.03 Å². The maximum absolute atomic E-state index is 13.3. The van der Waals surface area contributed by atoms with Gasteiger partial charge in [-0.3, -0.25) is 14.9 Å². The summed E-state index contributed by atoms with van der Waals surface area (Å²) in [4.78, 5) is 39.0. The molecule has 0 atom stereocenters. The lowest BCUT2D eigenvalue weighted by atomic mass is 10.1. The predicted molar refractivity (Wildman–Crippen MR) is 134 cm³/mol. The van der Waals surface area contributed by atoms with E-state index in [1.807, 2.05) is 47.2 Å². The number of halogens is 2. The van der Waals surface area contributed by atoms with Gasteiger partial charge in [0.1, 0.15) is 23.7 Å². The van der Waals surface area contributed by atoms with Crippen LogP contribution in [0.15, 0.2) is 84.6 Å². The molecule has 0 bridgehead atoms. The van der Waals surface area contributed by atoms with Crippen molar-refractivity contribution in [3.63, 3.8) is 0 Å². The average Bonchev–Trinajstić information content (AvgIpc) is 3.21. The molecular formula is C27H19ClFN3O4. The lowest BCUT2D eigenvalue weighted by Crippen LogP contribution is -2.54. The molecule has 0 radical (unpaired) electrons. The normalized spacial score (nSPS) is 15.0. The van der Waals surface area contributed by atoms with Gasteiger partial charge in [0.25, 0.3) is 11.8 Å². The Balaban J connectivity index is 1.45. The number of urea groups is 1. The molecule has 5 rings (SSSR count). The highest BCUT2D eigenvalue weighted by atomic mass is 35.5. The van der Waals surface area contributed by atoms with Crippen molar-refractivity contribution in [3.05, 3.63) is 101 Å². The summed E-state index contributed by atoms with van der Waals surface area (Å²) < 4.78 is 21.1. The zero-order valence-electron chi connectivity index (χ0n) is 18.8. The van der Waals surface area contributed by atoms with E-state index in [9.17, 15) is 18.8 Å². The van der Waals surface area contributed by atoms with E-state index >= 15 is 0 Å². The molecule has 9 heteroatoms. The van der Waals surface area contributed by atoms with E-state index in [1.54, 1.807) is 12.1 Å². The summed E-state index contributed by atoms with van der Waals surface area (Å²) in [6, 6.07) is 18.7. The minimum Gasteiger partial charge on any atom is -0.490 e. The van der Waals surface area contributed by atoms with Crippen LogP contribution in [0.4, 0.5) is 14.9 Å². The van der Waals surface area contributed by atoms with Crippen molar-refractivity contribution >= 4 is 52.1 Å². The number of barbiturate groups is 1. The van der Waals surface area contributed by atoms with Gasteiger partial charge in [0.15, 0.2) is 0 Å². The van der Waals surface area contributed by atoms with Crippen LogP contribution in [0.1, 0.15) is 5.56 Å². The Morgan fingerprint density at radius 3 is 2.44 bits per heavy atom. The van der Waals surface area contributed by atoms with Gasteiger partial charge in [0.2, 0.25) is 0 Å². The highest BCUT2D eigenvalue weighted by Gasteiger charge is 2.37. The predicted octanol–water partition coefficient (Wildman–Crippen LogP) is 5.18. The third kappa shape index (κ3) is 4.46. The molecule has 0 spiro atoms. The van der Waals surface area contributed by atoms with E-state index in [1.165, 1.54) is 18.2 Å². The molecule has 1 N–H and O–H groups in total. The quantitative estimate of drug-likeness (QED) is 0.290. The van der Waals surface area contributed by atoms with E-state index in [4.69, 9.17) is 16.3 Å². The van der Waals surface area contributed by atoms with Crippen LogP contribution in [0.3, 0.4) is 0 Å². The number of carbonyl (C=O) groups excluding carboxylic acids is 3. The van der Waals surface area contributed by atoms with E-state index < -0.39 is 23.7 Å². The third-order valence-electron chi connectivity index (χ3n) is 5.73. The van der Waals surface area contributed by atoms with Crippen molar-refractivity contribution in [2.24, 2.45) is 0 Å². The SMILES string of the molecule is O=C1NC(=O)N(c2ccc(F)cc2)C(=O)C1=Cc1cn(CCOc2ccccc2Cl)c2ccccc12. The van der Waals surface area contributed by atoms with E-state index in [-0.39, 0.29) is 11.3 Å². The minimum absolute atomic E-state index is 0.149. The number of aromatic nitrogens is 1. The number of ether oxygens (including phenoxy) is 1. The van der Waals surface area contributed by atoms with Crippen LogP contribution in [0.25, 0.3) is 17.0 Å². The van der Waals surface area contributed by atoms with Crippen LogP contribution in [-0.2, 0) is 16.1 Å². The Morgan fingerprint density at radius 1 is 0.944 bits per heavy atom. The Labute approximate surface area is 210 Å². The van der Waals surface area contributed by atoms with Gasteiger partial charge in [0, 0.05) is 22.7 Å². The van der Waals surface area contributed by atoms with Gasteiger partial charge < -0.3 is 9.30 Å². The Kier molecular flexibility index (Phi) is 6.26. The van der Waals surface area contributed by atoms with E-state index in [0.29, 0.717) is 29.5 Å². The molecule has 1 aliphatic heterocycles. The number of para-hydroxylation sites is 2. The van der Waals surface area contributed by atoms with Gasteiger partial charge in [-0.25, -0.2) is 14.1 Å². The summed E-state index contributed by atoms with van der Waals surface area (Å²) in [6.45, 7) is 0.819. The Bertz CT molecular complexity index is 1530. The first kappa shape index (κ1) is 23.3. The van der Waals surface area contributed by atoms with Crippen LogP contribution in [0.5, 0.6) is 5.75 Å². The summed E-state index contributed by atoms with van der Waals surface area (Å²) in [6.07, 6.45) is 3.27. The number of fused-ring (bicyclic) bond motifs is 1. The molecule has 0 saturated carbocycles. The smallest absolute Gasteiger partial charge is 0.335 e. The zero-order chi connectivity index (χ0) is 25.2. The summed E-state index contributed by atoms with van der Waals surface area (Å²) in [5.41, 5.74) is 1.43. The summed E-state index contributed by atoms with van der Waals surface area (Å²) in [5.74, 6) is -1.54. The second-order valence-corrected chi connectivity index (χ2v) is 8.42. The maximum atomic E-state index is 13.3. The third-order valence-corrected chi connectivity index (χ3v) is 6.04. The number of nitrogens with zero attached hydrogens (tertiary/aromatic N) is 2. The van der Waals surface area contributed by atoms with Crippen molar-refractivity contribution in [2.45, 2.75) is 6.54 Å². The first-order chi connectivity index (χ1) is 17.4. The highest BCUT2D eigenvalue weighted by Crippen LogP contribution is 2.27. The fraction of sp³-hybridized carbons (Fsp3) is 0.0741. The lowest BCUT2D eigenvalue weighted by Gasteiger charge is -2.26. The van der Waals surface area contributed by atoms with Crippen molar-refractivity contribution < 1.29 is 23.5 Å². The number of hydrogen-bond acceptors (Lipinski definition) is 4. The maximum Gasteiger partial charge on any atom is 0.335 e. The molecule has 4 aromatic rings. The standard InChI is InChI=1S/C27H19ClFN3O4/c28-22-6-2-4-8-24(22)36-14-13-31-16-17(20-5-1-3-7-23(20)31)15-21-25(33)30-27(35)32(26(21)34)19-11-9-18(29)10-12-19/h1-12,15-16H,13-14H2,(H,30,33,35). The molecule has 1 fully saturated rings. The molecule has 36 heavy (non-hydrogen) atoms. The fourth-order valence-electron chi connectivity index (χ4n) is 4.03. The van der Waals surface area contributed by atoms with Crippen LogP contribution >= 0.6 is 11.6 Å². The highest BCUT2D eigenvalue weighted by molar-refractivity contribution is 6.39. The molecule has 1 aromatic heterocycles. The van der Waals surface area contributed by atoms with Crippen molar-refractivity contribution in [2.75, 3.05) is 11.5 Å². The van der Waals surface area contributed by atoms with Crippen molar-refractivity contribution in [1.82, 2.24) is 9.88 Å². The molecular weight excluding hydrogens is 485 g/mol. The first-order valence-electron chi connectivity index (χ1n) is 11.0. The van der Waals surface area contributed by atoms with Gasteiger partial charge in [-0.15, -0.1) is 0 Å². The molecule has 0 aliphatic carbocycles. The van der Waals surface area contributed by atoms with Crippen molar-refractivity contribution in [1.29, 1.82) is 0 Å². The summed E-state index contributed by atoms with van der Waals surface area (Å²) in [7, 11) is 0. The molecule has 180 valence electrons. The van der Waals surface area contributed by atoms with Gasteiger partial charge in [-0.1, -0.05) is 41.9 Å². The second-order valence-electron chi connectivity index (χ2n) is 8.01. The Hall–Kier alpha value is -4.43. The zero-order valence-corrected chi connectivity index (χ0v) is 19.5. The summed E-state index contributed by atoms with van der Waals surface area (Å²) in [5, 5.41) is 3.51. The first-order valence-corrected chi connectivity index (χ1v) is 11.4. The lowest BCUT2D eigenvalue weighted by molar-refractivity contribution is -0.122. The monoisotopic (exact) mass is 503 g/mol. The van der Waals surface area contributed by atoms with E-state index in [0.717, 1.165) is 27.9 Å². The van der Waals surface area contributed by atoms with Crippen LogP contribution in [-0.4, -0.2) is 29.0 Å². The van der Waals surface area contributed by atoms with Crippen LogP contribution < -0.4 is 15.0 Å². The number of amides is 4. The number of nitrogens with one attached hydrogen (secondary N) is 1. The van der Waals surface area contributed by atoms with Crippen molar-refractivity contribution in [3.8, 4) is 5.75 Å². The molecule has 3 aromatic carbocycles. The number of rotatable bonds is 6.